The normalized spacial score (nSPS) is 18.9. The van der Waals surface area contributed by atoms with Crippen LogP contribution in [0, 0.1) is 11.7 Å². The van der Waals surface area contributed by atoms with E-state index in [1.165, 1.54) is 12.1 Å². The molecule has 1 aromatic carbocycles. The molecule has 0 spiro atoms. The fourth-order valence-corrected chi connectivity index (χ4v) is 2.87. The molecule has 0 radical (unpaired) electrons. The Labute approximate surface area is 121 Å². The fourth-order valence-electron chi connectivity index (χ4n) is 2.87. The number of fused-ring (bicyclic) bond motifs is 1. The van der Waals surface area contributed by atoms with Crippen LogP contribution in [0.5, 0.6) is 0 Å². The number of rotatable bonds is 2. The van der Waals surface area contributed by atoms with E-state index in [9.17, 15) is 14.3 Å². The van der Waals surface area contributed by atoms with E-state index in [1.807, 2.05) is 4.90 Å². The molecule has 1 atom stereocenters. The second-order valence-electron chi connectivity index (χ2n) is 5.32. The van der Waals surface area contributed by atoms with Crippen LogP contribution in [0.25, 0.3) is 10.8 Å². The largest absolute Gasteiger partial charge is 0.481 e. The van der Waals surface area contributed by atoms with Gasteiger partial charge in [0.2, 0.25) is 0 Å². The number of nitrogens with zero attached hydrogens (tertiary/aromatic N) is 2. The summed E-state index contributed by atoms with van der Waals surface area (Å²) in [4.78, 5) is 17.3. The number of carboxylic acids is 1. The maximum Gasteiger partial charge on any atom is 0.308 e. The molecule has 0 saturated carbocycles. The molecule has 0 aliphatic carbocycles. The van der Waals surface area contributed by atoms with E-state index < -0.39 is 11.9 Å². The van der Waals surface area contributed by atoms with E-state index in [0.717, 1.165) is 6.42 Å². The predicted octanol–water partition coefficient (Wildman–Crippen LogP) is 2.26. The SMILES string of the molecule is Nc1ccc(F)c2c(N3CCCC(C(=O)O)C3)nccc12. The number of piperidine rings is 1. The monoisotopic (exact) mass is 289 g/mol. The number of benzene rings is 1. The van der Waals surface area contributed by atoms with Crippen molar-refractivity contribution in [3.05, 3.63) is 30.2 Å². The first-order valence-corrected chi connectivity index (χ1v) is 6.88. The molecule has 3 rings (SSSR count). The molecule has 5 nitrogen and oxygen atoms in total. The Morgan fingerprint density at radius 1 is 1.43 bits per heavy atom. The summed E-state index contributed by atoms with van der Waals surface area (Å²) in [6.07, 6.45) is 2.97. The number of halogens is 1. The van der Waals surface area contributed by atoms with Crippen LogP contribution in [0.4, 0.5) is 15.9 Å². The minimum absolute atomic E-state index is 0.343. The lowest BCUT2D eigenvalue weighted by atomic mass is 9.97. The van der Waals surface area contributed by atoms with Crippen LogP contribution in [0.1, 0.15) is 12.8 Å². The minimum atomic E-state index is -0.820. The molecule has 6 heteroatoms. The molecule has 21 heavy (non-hydrogen) atoms. The Balaban J connectivity index is 2.08. The van der Waals surface area contributed by atoms with E-state index >= 15 is 0 Å². The van der Waals surface area contributed by atoms with E-state index in [0.29, 0.717) is 41.8 Å². The molecule has 2 aromatic rings. The number of aliphatic carboxylic acids is 1. The van der Waals surface area contributed by atoms with Gasteiger partial charge in [-0.3, -0.25) is 4.79 Å². The number of carbonyl (C=O) groups is 1. The summed E-state index contributed by atoms with van der Waals surface area (Å²) < 4.78 is 14.2. The lowest BCUT2D eigenvalue weighted by Gasteiger charge is -2.32. The Kier molecular flexibility index (Phi) is 3.37. The van der Waals surface area contributed by atoms with Gasteiger partial charge in [0, 0.05) is 30.4 Å². The smallest absolute Gasteiger partial charge is 0.308 e. The summed E-state index contributed by atoms with van der Waals surface area (Å²) in [6, 6.07) is 4.52. The number of anilines is 2. The van der Waals surface area contributed by atoms with E-state index in [4.69, 9.17) is 5.73 Å². The summed E-state index contributed by atoms with van der Waals surface area (Å²) in [7, 11) is 0. The van der Waals surface area contributed by atoms with Gasteiger partial charge in [0.25, 0.3) is 0 Å². The lowest BCUT2D eigenvalue weighted by molar-refractivity contribution is -0.141. The van der Waals surface area contributed by atoms with Gasteiger partial charge in [-0.1, -0.05) is 0 Å². The molecule has 1 aliphatic heterocycles. The van der Waals surface area contributed by atoms with Crippen molar-refractivity contribution in [2.75, 3.05) is 23.7 Å². The highest BCUT2D eigenvalue weighted by molar-refractivity contribution is 6.00. The van der Waals surface area contributed by atoms with Crippen LogP contribution in [-0.4, -0.2) is 29.1 Å². The third kappa shape index (κ3) is 2.37. The molecule has 1 aliphatic rings. The van der Waals surface area contributed by atoms with Crippen molar-refractivity contribution in [1.29, 1.82) is 0 Å². The molecule has 1 fully saturated rings. The Morgan fingerprint density at radius 2 is 2.24 bits per heavy atom. The molecule has 1 aromatic heterocycles. The Morgan fingerprint density at radius 3 is 3.00 bits per heavy atom. The zero-order valence-corrected chi connectivity index (χ0v) is 11.4. The summed E-state index contributed by atoms with van der Waals surface area (Å²) in [5.41, 5.74) is 6.38. The number of nitrogens with two attached hydrogens (primary N) is 1. The molecular weight excluding hydrogens is 273 g/mol. The number of hydrogen-bond donors (Lipinski definition) is 2. The Hall–Kier alpha value is -2.37. The van der Waals surface area contributed by atoms with Crippen molar-refractivity contribution in [3.8, 4) is 0 Å². The van der Waals surface area contributed by atoms with Gasteiger partial charge < -0.3 is 15.7 Å². The minimum Gasteiger partial charge on any atom is -0.481 e. The van der Waals surface area contributed by atoms with E-state index in [-0.39, 0.29) is 5.82 Å². The number of aromatic nitrogens is 1. The number of carboxylic acid groups (broad SMARTS) is 1. The van der Waals surface area contributed by atoms with E-state index in [2.05, 4.69) is 4.98 Å². The van der Waals surface area contributed by atoms with Crippen LogP contribution in [0.15, 0.2) is 24.4 Å². The molecule has 1 unspecified atom stereocenters. The molecular formula is C15H16FN3O2. The summed E-state index contributed by atoms with van der Waals surface area (Å²) in [6.45, 7) is 1.01. The van der Waals surface area contributed by atoms with Gasteiger partial charge in [0.15, 0.2) is 0 Å². The number of nitrogen functional groups attached to an aromatic ring is 1. The predicted molar refractivity (Wildman–Crippen MR) is 78.7 cm³/mol. The summed E-state index contributed by atoms with van der Waals surface area (Å²) in [5.74, 6) is -1.18. The molecule has 110 valence electrons. The first kappa shape index (κ1) is 13.6. The lowest BCUT2D eigenvalue weighted by Crippen LogP contribution is -2.39. The van der Waals surface area contributed by atoms with Crippen LogP contribution in [-0.2, 0) is 4.79 Å². The second-order valence-corrected chi connectivity index (χ2v) is 5.32. The fraction of sp³-hybridized carbons (Fsp3) is 0.333. The number of pyridine rings is 1. The zero-order valence-electron chi connectivity index (χ0n) is 11.4. The third-order valence-electron chi connectivity index (χ3n) is 3.96. The first-order valence-electron chi connectivity index (χ1n) is 6.88. The van der Waals surface area contributed by atoms with Gasteiger partial charge in [-0.05, 0) is 31.0 Å². The van der Waals surface area contributed by atoms with Crippen molar-refractivity contribution in [2.45, 2.75) is 12.8 Å². The first-order chi connectivity index (χ1) is 10.1. The maximum atomic E-state index is 14.2. The standard InChI is InChI=1S/C15H16FN3O2/c16-11-3-4-12(17)10-5-6-18-14(13(10)11)19-7-1-2-9(8-19)15(20)21/h3-6,9H,1-2,7-8,17H2,(H,20,21). The van der Waals surface area contributed by atoms with Crippen LogP contribution in [0.2, 0.25) is 0 Å². The van der Waals surface area contributed by atoms with Crippen molar-refractivity contribution >= 4 is 28.2 Å². The second kappa shape index (κ2) is 5.20. The van der Waals surface area contributed by atoms with Gasteiger partial charge in [-0.25, -0.2) is 9.37 Å². The van der Waals surface area contributed by atoms with Crippen LogP contribution >= 0.6 is 0 Å². The van der Waals surface area contributed by atoms with Gasteiger partial charge in [0.1, 0.15) is 11.6 Å². The maximum absolute atomic E-state index is 14.2. The highest BCUT2D eigenvalue weighted by atomic mass is 19.1. The van der Waals surface area contributed by atoms with Crippen LogP contribution < -0.4 is 10.6 Å². The van der Waals surface area contributed by atoms with Gasteiger partial charge >= 0.3 is 5.97 Å². The highest BCUT2D eigenvalue weighted by Gasteiger charge is 2.27. The Bertz CT molecular complexity index is 705. The molecule has 1 saturated heterocycles. The van der Waals surface area contributed by atoms with Gasteiger partial charge in [-0.2, -0.15) is 0 Å². The molecule has 0 bridgehead atoms. The highest BCUT2D eigenvalue weighted by Crippen LogP contribution is 2.32. The van der Waals surface area contributed by atoms with Crippen molar-refractivity contribution < 1.29 is 14.3 Å². The zero-order chi connectivity index (χ0) is 15.0. The molecule has 0 amide bonds. The molecule has 2 heterocycles. The van der Waals surface area contributed by atoms with Gasteiger partial charge in [0.05, 0.1) is 11.3 Å². The van der Waals surface area contributed by atoms with E-state index in [1.54, 1.807) is 12.3 Å². The van der Waals surface area contributed by atoms with Crippen molar-refractivity contribution in [1.82, 2.24) is 4.98 Å². The average Bonchev–Trinajstić information content (AvgIpc) is 2.50. The van der Waals surface area contributed by atoms with Crippen molar-refractivity contribution in [3.63, 3.8) is 0 Å². The van der Waals surface area contributed by atoms with Crippen LogP contribution in [0.3, 0.4) is 0 Å². The average molecular weight is 289 g/mol. The number of hydrogen-bond acceptors (Lipinski definition) is 4. The van der Waals surface area contributed by atoms with Gasteiger partial charge in [-0.15, -0.1) is 0 Å². The quantitative estimate of drug-likeness (QED) is 0.829. The molecule has 3 N–H and O–H groups in total. The summed E-state index contributed by atoms with van der Waals surface area (Å²) >= 11 is 0. The third-order valence-corrected chi connectivity index (χ3v) is 3.96. The summed E-state index contributed by atoms with van der Waals surface area (Å²) in [5, 5.41) is 10.1. The van der Waals surface area contributed by atoms with Crippen molar-refractivity contribution in [2.24, 2.45) is 5.92 Å². The topological polar surface area (TPSA) is 79.5 Å².